The van der Waals surface area contributed by atoms with Gasteiger partial charge in [0.2, 0.25) is 6.17 Å². The monoisotopic (exact) mass is 446 g/mol. The van der Waals surface area contributed by atoms with Crippen LogP contribution in [0.4, 0.5) is 70.2 Å². The Balaban J connectivity index is 6.31. The Morgan fingerprint density at radius 2 is 0.963 bits per heavy atom. The summed E-state index contributed by atoms with van der Waals surface area (Å²) in [4.78, 5) is 0. The standard InChI is InChI=1S/C10H6F16O/c1-4(12,13)5(14,15)2-27-7(17,10(24,25)26)3(11)6(16,8(18,19)20)9(21,22)23/h3H,2H2,1H3. The highest BCUT2D eigenvalue weighted by Crippen LogP contribution is 2.55. The molecule has 0 aliphatic heterocycles. The molecular formula is C10H6F16O. The third kappa shape index (κ3) is 4.47. The molecule has 17 heteroatoms. The van der Waals surface area contributed by atoms with Gasteiger partial charge in [0.05, 0.1) is 0 Å². The molecule has 0 saturated heterocycles. The van der Waals surface area contributed by atoms with E-state index in [9.17, 15) is 70.2 Å². The molecule has 164 valence electrons. The second-order valence-corrected chi connectivity index (χ2v) is 5.09. The number of alkyl halides is 16. The van der Waals surface area contributed by atoms with Gasteiger partial charge in [0, 0.05) is 6.92 Å². The van der Waals surface area contributed by atoms with E-state index in [4.69, 9.17) is 0 Å². The normalized spacial score (nSPS) is 19.0. The molecule has 0 saturated carbocycles. The largest absolute Gasteiger partial charge is 0.451 e. The van der Waals surface area contributed by atoms with Crippen molar-refractivity contribution in [2.75, 3.05) is 6.61 Å². The van der Waals surface area contributed by atoms with E-state index >= 15 is 0 Å². The van der Waals surface area contributed by atoms with Crippen LogP contribution in [-0.2, 0) is 4.74 Å². The van der Waals surface area contributed by atoms with Gasteiger partial charge in [-0.15, -0.1) is 0 Å². The minimum Gasteiger partial charge on any atom is -0.330 e. The van der Waals surface area contributed by atoms with Crippen molar-refractivity contribution in [2.45, 2.75) is 55.0 Å². The van der Waals surface area contributed by atoms with Crippen molar-refractivity contribution >= 4 is 0 Å². The highest BCUT2D eigenvalue weighted by molar-refractivity contribution is 5.08. The summed E-state index contributed by atoms with van der Waals surface area (Å²) in [5.41, 5.74) is -7.59. The molecule has 0 heterocycles. The first-order valence-electron chi connectivity index (χ1n) is 5.98. The first-order chi connectivity index (χ1) is 11.4. The molecule has 0 N–H and O–H groups in total. The van der Waals surface area contributed by atoms with Gasteiger partial charge in [-0.2, -0.15) is 52.7 Å². The second-order valence-electron chi connectivity index (χ2n) is 5.09. The summed E-state index contributed by atoms with van der Waals surface area (Å²) in [5, 5.41) is 0. The predicted molar refractivity (Wildman–Crippen MR) is 52.3 cm³/mol. The Morgan fingerprint density at radius 1 is 0.630 bits per heavy atom. The molecule has 1 nitrogen and oxygen atoms in total. The average Bonchev–Trinajstić information content (AvgIpc) is 2.37. The molecule has 0 fully saturated rings. The van der Waals surface area contributed by atoms with E-state index < -0.39 is 61.6 Å². The molecule has 0 aromatic carbocycles. The fourth-order valence-corrected chi connectivity index (χ4v) is 1.32. The van der Waals surface area contributed by atoms with Crippen molar-refractivity contribution < 1.29 is 75.0 Å². The Bertz CT molecular complexity index is 495. The van der Waals surface area contributed by atoms with Gasteiger partial charge >= 0.3 is 41.9 Å². The molecular weight excluding hydrogens is 440 g/mol. The molecule has 0 radical (unpaired) electrons. The molecule has 27 heavy (non-hydrogen) atoms. The highest BCUT2D eigenvalue weighted by atomic mass is 19.4. The predicted octanol–water partition coefficient (Wildman–Crippen LogP) is 5.69. The lowest BCUT2D eigenvalue weighted by atomic mass is 9.92. The van der Waals surface area contributed by atoms with Crippen molar-refractivity contribution in [1.82, 2.24) is 0 Å². The average molecular weight is 446 g/mol. The maximum Gasteiger partial charge on any atom is 0.451 e. The second kappa shape index (κ2) is 6.72. The molecule has 0 aliphatic rings. The SMILES string of the molecule is CC(F)(F)C(F)(F)COC(F)(C(F)C(F)(C(F)(F)F)C(F)(F)F)C(F)(F)F. The van der Waals surface area contributed by atoms with Gasteiger partial charge in [0.25, 0.3) is 0 Å². The van der Waals surface area contributed by atoms with E-state index in [-0.39, 0.29) is 0 Å². The molecule has 2 atom stereocenters. The first kappa shape index (κ1) is 25.8. The van der Waals surface area contributed by atoms with Gasteiger partial charge in [0.15, 0.2) is 0 Å². The smallest absolute Gasteiger partial charge is 0.330 e. The zero-order chi connectivity index (χ0) is 22.5. The van der Waals surface area contributed by atoms with Gasteiger partial charge in [0.1, 0.15) is 6.61 Å². The van der Waals surface area contributed by atoms with Gasteiger partial charge < -0.3 is 4.74 Å². The van der Waals surface area contributed by atoms with Crippen LogP contribution in [0.15, 0.2) is 0 Å². The Labute approximate surface area is 138 Å². The summed E-state index contributed by atoms with van der Waals surface area (Å²) in [6.45, 7) is -4.24. The number of hydrogen-bond acceptors (Lipinski definition) is 1. The van der Waals surface area contributed by atoms with E-state index in [2.05, 4.69) is 4.74 Å². The number of halogens is 16. The molecule has 0 aromatic heterocycles. The van der Waals surface area contributed by atoms with Gasteiger partial charge in [-0.1, -0.05) is 0 Å². The lowest BCUT2D eigenvalue weighted by Gasteiger charge is -2.40. The van der Waals surface area contributed by atoms with Crippen LogP contribution >= 0.6 is 0 Å². The van der Waals surface area contributed by atoms with E-state index in [1.807, 2.05) is 0 Å². The van der Waals surface area contributed by atoms with Crippen LogP contribution in [0.1, 0.15) is 6.92 Å². The minimum atomic E-state index is -7.59. The van der Waals surface area contributed by atoms with Crippen molar-refractivity contribution in [1.29, 1.82) is 0 Å². The number of rotatable bonds is 6. The summed E-state index contributed by atoms with van der Waals surface area (Å²) in [6.07, 6.45) is -28.9. The quantitative estimate of drug-likeness (QED) is 0.477. The topological polar surface area (TPSA) is 9.23 Å². The van der Waals surface area contributed by atoms with Crippen LogP contribution < -0.4 is 0 Å². The van der Waals surface area contributed by atoms with Crippen LogP contribution in [0.5, 0.6) is 0 Å². The lowest BCUT2D eigenvalue weighted by molar-refractivity contribution is -0.425. The van der Waals surface area contributed by atoms with E-state index in [1.54, 1.807) is 0 Å². The summed E-state index contributed by atoms with van der Waals surface area (Å²) in [7, 11) is 0. The fourth-order valence-electron chi connectivity index (χ4n) is 1.32. The first-order valence-corrected chi connectivity index (χ1v) is 5.98. The molecule has 0 rings (SSSR count). The minimum absolute atomic E-state index is 0.693. The molecule has 0 amide bonds. The molecule has 0 spiro atoms. The van der Waals surface area contributed by atoms with Gasteiger partial charge in [-0.05, 0) is 0 Å². The van der Waals surface area contributed by atoms with Crippen molar-refractivity contribution in [3.8, 4) is 0 Å². The zero-order valence-electron chi connectivity index (χ0n) is 12.2. The third-order valence-electron chi connectivity index (χ3n) is 2.99. The summed E-state index contributed by atoms with van der Waals surface area (Å²) < 4.78 is 204. The summed E-state index contributed by atoms with van der Waals surface area (Å²) in [5.74, 6) is -18.2. The fraction of sp³-hybridized carbons (Fsp3) is 1.00. The van der Waals surface area contributed by atoms with Crippen molar-refractivity contribution in [3.05, 3.63) is 0 Å². The molecule has 0 bridgehead atoms. The van der Waals surface area contributed by atoms with Crippen LogP contribution in [-0.4, -0.2) is 54.7 Å². The Hall–Kier alpha value is -1.16. The number of ether oxygens (including phenoxy) is 1. The van der Waals surface area contributed by atoms with Crippen LogP contribution in [0.25, 0.3) is 0 Å². The van der Waals surface area contributed by atoms with Crippen LogP contribution in [0.2, 0.25) is 0 Å². The molecule has 0 aliphatic carbocycles. The molecule has 0 aromatic rings. The van der Waals surface area contributed by atoms with Gasteiger partial charge in [-0.3, -0.25) is 0 Å². The van der Waals surface area contributed by atoms with Gasteiger partial charge in [-0.25, -0.2) is 17.6 Å². The lowest BCUT2D eigenvalue weighted by Crippen LogP contribution is -2.69. The Morgan fingerprint density at radius 3 is 1.19 bits per heavy atom. The maximum atomic E-state index is 13.6. The third-order valence-corrected chi connectivity index (χ3v) is 2.99. The van der Waals surface area contributed by atoms with E-state index in [0.717, 1.165) is 0 Å². The van der Waals surface area contributed by atoms with E-state index in [1.165, 1.54) is 0 Å². The number of hydrogen-bond donors (Lipinski definition) is 0. The van der Waals surface area contributed by atoms with Crippen molar-refractivity contribution in [2.24, 2.45) is 0 Å². The molecule has 2 unspecified atom stereocenters. The van der Waals surface area contributed by atoms with Crippen LogP contribution in [0, 0.1) is 0 Å². The zero-order valence-corrected chi connectivity index (χ0v) is 12.2. The summed E-state index contributed by atoms with van der Waals surface area (Å²) >= 11 is 0. The van der Waals surface area contributed by atoms with Crippen molar-refractivity contribution in [3.63, 3.8) is 0 Å². The van der Waals surface area contributed by atoms with E-state index in [0.29, 0.717) is 0 Å². The summed E-state index contributed by atoms with van der Waals surface area (Å²) in [6, 6.07) is 0. The highest BCUT2D eigenvalue weighted by Gasteiger charge is 2.85. The Kier molecular flexibility index (Phi) is 6.43. The maximum absolute atomic E-state index is 13.6. The van der Waals surface area contributed by atoms with Crippen LogP contribution in [0.3, 0.4) is 0 Å².